The molecular formula is C17H26ClN3O. The molecule has 2 aliphatic rings. The summed E-state index contributed by atoms with van der Waals surface area (Å²) in [4.78, 5) is 14.7. The number of anilines is 1. The van der Waals surface area contributed by atoms with Gasteiger partial charge in [0, 0.05) is 24.8 Å². The zero-order valence-corrected chi connectivity index (χ0v) is 13.9. The molecule has 0 spiro atoms. The maximum absolute atomic E-state index is 12.4. The van der Waals surface area contributed by atoms with Gasteiger partial charge >= 0.3 is 0 Å². The summed E-state index contributed by atoms with van der Waals surface area (Å²) in [6.45, 7) is 3.98. The van der Waals surface area contributed by atoms with Crippen molar-refractivity contribution in [1.29, 1.82) is 0 Å². The van der Waals surface area contributed by atoms with Gasteiger partial charge in [-0.3, -0.25) is 9.69 Å². The zero-order valence-electron chi connectivity index (χ0n) is 13.1. The van der Waals surface area contributed by atoms with Gasteiger partial charge in [-0.2, -0.15) is 0 Å². The molecule has 0 aromatic heterocycles. The number of rotatable bonds is 3. The number of hydrogen-bond acceptors (Lipinski definition) is 3. The van der Waals surface area contributed by atoms with Gasteiger partial charge in [-0.1, -0.05) is 24.6 Å². The molecule has 0 radical (unpaired) electrons. The predicted molar refractivity (Wildman–Crippen MR) is 92.2 cm³/mol. The molecule has 1 saturated heterocycles. The molecule has 0 bridgehead atoms. The molecule has 3 rings (SSSR count). The van der Waals surface area contributed by atoms with E-state index >= 15 is 0 Å². The number of para-hydroxylation sites is 1. The van der Waals surface area contributed by atoms with Crippen LogP contribution in [0.4, 0.5) is 5.69 Å². The van der Waals surface area contributed by atoms with Crippen molar-refractivity contribution < 1.29 is 4.79 Å². The third-order valence-electron chi connectivity index (χ3n) is 5.15. The van der Waals surface area contributed by atoms with Crippen molar-refractivity contribution in [1.82, 2.24) is 4.90 Å². The second kappa shape index (κ2) is 7.44. The van der Waals surface area contributed by atoms with Crippen LogP contribution in [-0.4, -0.2) is 36.0 Å². The molecule has 1 amide bonds. The summed E-state index contributed by atoms with van der Waals surface area (Å²) >= 11 is 0. The van der Waals surface area contributed by atoms with Gasteiger partial charge in [0.15, 0.2) is 0 Å². The maximum Gasteiger partial charge on any atom is 0.241 e. The van der Waals surface area contributed by atoms with Crippen molar-refractivity contribution in [2.45, 2.75) is 38.3 Å². The normalized spacial score (nSPS) is 29.3. The summed E-state index contributed by atoms with van der Waals surface area (Å²) in [5.41, 5.74) is 7.12. The summed E-state index contributed by atoms with van der Waals surface area (Å²) in [6.07, 6.45) is 3.64. The topological polar surface area (TPSA) is 58.4 Å². The van der Waals surface area contributed by atoms with Crippen molar-refractivity contribution in [2.75, 3.05) is 18.4 Å². The molecule has 1 aliphatic carbocycles. The molecule has 2 fully saturated rings. The van der Waals surface area contributed by atoms with Crippen molar-refractivity contribution in [3.05, 3.63) is 30.3 Å². The lowest BCUT2D eigenvalue weighted by Gasteiger charge is -2.30. The largest absolute Gasteiger partial charge is 0.327 e. The van der Waals surface area contributed by atoms with E-state index in [2.05, 4.69) is 10.2 Å². The third-order valence-corrected chi connectivity index (χ3v) is 5.15. The Morgan fingerprint density at radius 3 is 2.68 bits per heavy atom. The molecule has 5 heteroatoms. The number of halogens is 1. The maximum atomic E-state index is 12.4. The highest BCUT2D eigenvalue weighted by Gasteiger charge is 2.41. The summed E-state index contributed by atoms with van der Waals surface area (Å²) in [7, 11) is 0. The third kappa shape index (κ3) is 3.62. The molecule has 1 aromatic rings. The first-order valence-corrected chi connectivity index (χ1v) is 8.00. The van der Waals surface area contributed by atoms with E-state index in [4.69, 9.17) is 5.73 Å². The van der Waals surface area contributed by atoms with Crippen molar-refractivity contribution >= 4 is 24.0 Å². The summed E-state index contributed by atoms with van der Waals surface area (Å²) in [5, 5.41) is 3.00. The fourth-order valence-corrected chi connectivity index (χ4v) is 3.80. The lowest BCUT2D eigenvalue weighted by atomic mass is 9.78. The van der Waals surface area contributed by atoms with E-state index in [1.807, 2.05) is 37.3 Å². The minimum Gasteiger partial charge on any atom is -0.327 e. The Hall–Kier alpha value is -1.10. The van der Waals surface area contributed by atoms with E-state index in [1.165, 1.54) is 12.8 Å². The number of hydrogen-bond donors (Lipinski definition) is 2. The lowest BCUT2D eigenvalue weighted by Crippen LogP contribution is -2.42. The van der Waals surface area contributed by atoms with Gasteiger partial charge in [0.1, 0.15) is 0 Å². The fourth-order valence-electron chi connectivity index (χ4n) is 3.80. The number of nitrogens with one attached hydrogen (secondary N) is 1. The van der Waals surface area contributed by atoms with Gasteiger partial charge in [-0.05, 0) is 43.7 Å². The average Bonchev–Trinajstić information content (AvgIpc) is 2.93. The van der Waals surface area contributed by atoms with Crippen LogP contribution in [0.25, 0.3) is 0 Å². The fraction of sp³-hybridized carbons (Fsp3) is 0.588. The Kier molecular flexibility index (Phi) is 5.84. The van der Waals surface area contributed by atoms with E-state index in [-0.39, 0.29) is 24.4 Å². The first kappa shape index (κ1) is 17.3. The zero-order chi connectivity index (χ0) is 14.8. The van der Waals surface area contributed by atoms with Crippen LogP contribution in [0.1, 0.15) is 26.2 Å². The molecule has 1 saturated carbocycles. The van der Waals surface area contributed by atoms with E-state index in [1.54, 1.807) is 0 Å². The molecule has 1 aromatic carbocycles. The van der Waals surface area contributed by atoms with Crippen LogP contribution < -0.4 is 11.1 Å². The molecule has 1 heterocycles. The Bertz CT molecular complexity index is 496. The number of nitrogens with zero attached hydrogens (tertiary/aromatic N) is 1. The van der Waals surface area contributed by atoms with Gasteiger partial charge in [-0.25, -0.2) is 0 Å². The molecule has 22 heavy (non-hydrogen) atoms. The molecule has 4 unspecified atom stereocenters. The van der Waals surface area contributed by atoms with E-state index in [0.29, 0.717) is 17.9 Å². The summed E-state index contributed by atoms with van der Waals surface area (Å²) in [6, 6.07) is 9.88. The molecule has 4 nitrogen and oxygen atoms in total. The van der Waals surface area contributed by atoms with Crippen LogP contribution in [0.3, 0.4) is 0 Å². The summed E-state index contributed by atoms with van der Waals surface area (Å²) in [5.74, 6) is 1.33. The molecular weight excluding hydrogens is 298 g/mol. The number of likely N-dealkylation sites (tertiary alicyclic amines) is 1. The quantitative estimate of drug-likeness (QED) is 0.898. The highest BCUT2D eigenvalue weighted by molar-refractivity contribution is 5.94. The smallest absolute Gasteiger partial charge is 0.241 e. The molecule has 4 atom stereocenters. The van der Waals surface area contributed by atoms with E-state index < -0.39 is 0 Å². The SMILES string of the molecule is CC(C(=O)Nc1ccccc1)N1CC2CCCC(N)C2C1.Cl. The number of amides is 1. The van der Waals surface area contributed by atoms with E-state index in [9.17, 15) is 4.79 Å². The highest BCUT2D eigenvalue weighted by Crippen LogP contribution is 2.36. The van der Waals surface area contributed by atoms with Gasteiger partial charge in [-0.15, -0.1) is 12.4 Å². The van der Waals surface area contributed by atoms with Gasteiger partial charge in [0.05, 0.1) is 6.04 Å². The number of benzene rings is 1. The Balaban J connectivity index is 0.00000176. The first-order valence-electron chi connectivity index (χ1n) is 8.00. The Labute approximate surface area is 138 Å². The number of nitrogens with two attached hydrogens (primary N) is 1. The van der Waals surface area contributed by atoms with Crippen LogP contribution in [0.15, 0.2) is 30.3 Å². The van der Waals surface area contributed by atoms with Crippen molar-refractivity contribution in [2.24, 2.45) is 17.6 Å². The van der Waals surface area contributed by atoms with Gasteiger partial charge in [0.25, 0.3) is 0 Å². The number of fused-ring (bicyclic) bond motifs is 1. The predicted octanol–water partition coefficient (Wildman–Crippen LogP) is 2.49. The molecule has 3 N–H and O–H groups in total. The number of carbonyl (C=O) groups is 1. The second-order valence-electron chi connectivity index (χ2n) is 6.50. The van der Waals surface area contributed by atoms with Crippen LogP contribution in [0.5, 0.6) is 0 Å². The monoisotopic (exact) mass is 323 g/mol. The minimum absolute atomic E-state index is 0. The van der Waals surface area contributed by atoms with Crippen LogP contribution in [0.2, 0.25) is 0 Å². The average molecular weight is 324 g/mol. The van der Waals surface area contributed by atoms with Gasteiger partial charge in [0.2, 0.25) is 5.91 Å². The first-order chi connectivity index (χ1) is 10.1. The van der Waals surface area contributed by atoms with Crippen molar-refractivity contribution in [3.63, 3.8) is 0 Å². The van der Waals surface area contributed by atoms with Crippen LogP contribution >= 0.6 is 12.4 Å². The minimum atomic E-state index is -0.0944. The standard InChI is InChI=1S/C17H25N3O.ClH/c1-12(17(21)19-14-7-3-2-4-8-14)20-10-13-6-5-9-16(18)15(13)11-20;/h2-4,7-8,12-13,15-16H,5-6,9-11,18H2,1H3,(H,19,21);1H. The molecule has 122 valence electrons. The lowest BCUT2D eigenvalue weighted by molar-refractivity contribution is -0.120. The second-order valence-corrected chi connectivity index (χ2v) is 6.50. The van der Waals surface area contributed by atoms with Crippen LogP contribution in [-0.2, 0) is 4.79 Å². The summed E-state index contributed by atoms with van der Waals surface area (Å²) < 4.78 is 0. The Morgan fingerprint density at radius 2 is 2.00 bits per heavy atom. The van der Waals surface area contributed by atoms with E-state index in [0.717, 1.165) is 25.2 Å². The molecule has 1 aliphatic heterocycles. The number of carbonyl (C=O) groups excluding carboxylic acids is 1. The highest BCUT2D eigenvalue weighted by atomic mass is 35.5. The van der Waals surface area contributed by atoms with Crippen LogP contribution in [0, 0.1) is 11.8 Å². The van der Waals surface area contributed by atoms with Crippen molar-refractivity contribution in [3.8, 4) is 0 Å². The van der Waals surface area contributed by atoms with Gasteiger partial charge < -0.3 is 11.1 Å². The Morgan fingerprint density at radius 1 is 1.27 bits per heavy atom.